The fourth-order valence-electron chi connectivity index (χ4n) is 5.37. The van der Waals surface area contributed by atoms with Gasteiger partial charge < -0.3 is 20.7 Å². The Balaban J connectivity index is 1.20. The van der Waals surface area contributed by atoms with Crippen LogP contribution in [0.4, 0.5) is 9.52 Å². The van der Waals surface area contributed by atoms with Crippen molar-refractivity contribution in [2.45, 2.75) is 25.7 Å². The fourth-order valence-corrected chi connectivity index (χ4v) is 6.23. The number of carbonyl (C=O) groups excluding carboxylic acids is 3. The Morgan fingerprint density at radius 3 is 2.79 bits per heavy atom. The van der Waals surface area contributed by atoms with Crippen molar-refractivity contribution in [2.24, 2.45) is 5.41 Å². The Bertz CT molecular complexity index is 1460. The first-order valence-corrected chi connectivity index (χ1v) is 14.9. The van der Waals surface area contributed by atoms with Crippen LogP contribution in [0.1, 0.15) is 40.1 Å². The van der Waals surface area contributed by atoms with Gasteiger partial charge in [-0.1, -0.05) is 42.5 Å². The molecule has 1 atom stereocenters. The molecule has 11 heteroatoms. The number of ether oxygens (including phenoxy) is 1. The molecule has 1 spiro atoms. The van der Waals surface area contributed by atoms with Gasteiger partial charge in [-0.25, -0.2) is 9.37 Å². The van der Waals surface area contributed by atoms with Gasteiger partial charge in [0, 0.05) is 37.1 Å². The third-order valence-electron chi connectivity index (χ3n) is 7.47. The average molecular weight is 592 g/mol. The second-order valence-corrected chi connectivity index (χ2v) is 11.7. The van der Waals surface area contributed by atoms with Crippen LogP contribution in [0.5, 0.6) is 5.75 Å². The highest BCUT2D eigenvalue weighted by atomic mass is 32.1. The number of carbonyl (C=O) groups is 3. The van der Waals surface area contributed by atoms with Gasteiger partial charge in [-0.15, -0.1) is 11.3 Å². The molecular weight excluding hydrogens is 557 g/mol. The van der Waals surface area contributed by atoms with Crippen LogP contribution in [-0.4, -0.2) is 66.9 Å². The number of hydrogen-bond acceptors (Lipinski definition) is 7. The molecule has 2 aromatic carbocycles. The molecule has 42 heavy (non-hydrogen) atoms. The molecule has 0 bridgehead atoms. The number of piperidine rings is 1. The molecule has 1 unspecified atom stereocenters. The lowest BCUT2D eigenvalue weighted by molar-refractivity contribution is -0.135. The van der Waals surface area contributed by atoms with Crippen molar-refractivity contribution in [3.8, 4) is 5.75 Å². The largest absolute Gasteiger partial charge is 0.489 e. The predicted octanol–water partition coefficient (Wildman–Crippen LogP) is 3.78. The van der Waals surface area contributed by atoms with Gasteiger partial charge in [0.2, 0.25) is 11.8 Å². The molecule has 1 fully saturated rings. The highest BCUT2D eigenvalue weighted by molar-refractivity contribution is 7.15. The summed E-state index contributed by atoms with van der Waals surface area (Å²) in [5, 5.41) is 9.16. The summed E-state index contributed by atoms with van der Waals surface area (Å²) in [5.74, 6) is -0.335. The number of halogens is 1. The van der Waals surface area contributed by atoms with E-state index in [4.69, 9.17) is 4.74 Å². The van der Waals surface area contributed by atoms with E-state index in [2.05, 4.69) is 20.9 Å². The van der Waals surface area contributed by atoms with Gasteiger partial charge in [-0.2, -0.15) is 0 Å². The van der Waals surface area contributed by atoms with Gasteiger partial charge in [0.05, 0.1) is 17.5 Å². The summed E-state index contributed by atoms with van der Waals surface area (Å²) in [6, 6.07) is 13.7. The van der Waals surface area contributed by atoms with Gasteiger partial charge in [0.1, 0.15) is 18.2 Å². The molecule has 1 aromatic heterocycles. The topological polar surface area (TPSA) is 113 Å². The summed E-state index contributed by atoms with van der Waals surface area (Å²) < 4.78 is 19.9. The molecule has 3 aromatic rings. The molecule has 2 aliphatic rings. The van der Waals surface area contributed by atoms with Gasteiger partial charge in [0.25, 0.3) is 5.91 Å². The minimum Gasteiger partial charge on any atom is -0.489 e. The lowest BCUT2D eigenvalue weighted by Crippen LogP contribution is -2.53. The number of nitrogens with zero attached hydrogens (tertiary/aromatic N) is 2. The Labute approximate surface area is 248 Å². The number of aromatic nitrogens is 1. The van der Waals surface area contributed by atoms with Crippen LogP contribution in [0.15, 0.2) is 66.9 Å². The number of likely N-dealkylation sites (tertiary alicyclic amines) is 1. The molecule has 5 rings (SSSR count). The second-order valence-electron chi connectivity index (χ2n) is 10.5. The SMILES string of the molecule is O=C(CN1CCCC2(C/C=C\COc3ccccc3C(=O)NCCNC2=O)C1)Nc1ncc(Cc2ccccc2F)s1. The van der Waals surface area contributed by atoms with E-state index in [1.807, 2.05) is 23.1 Å². The monoisotopic (exact) mass is 591 g/mol. The van der Waals surface area contributed by atoms with Gasteiger partial charge >= 0.3 is 0 Å². The number of fused-ring (bicyclic) bond motifs is 1. The summed E-state index contributed by atoms with van der Waals surface area (Å²) in [7, 11) is 0. The van der Waals surface area contributed by atoms with Crippen molar-refractivity contribution >= 4 is 34.2 Å². The molecule has 2 aliphatic heterocycles. The van der Waals surface area contributed by atoms with E-state index >= 15 is 0 Å². The predicted molar refractivity (Wildman–Crippen MR) is 159 cm³/mol. The van der Waals surface area contributed by atoms with Crippen molar-refractivity contribution in [1.82, 2.24) is 20.5 Å². The van der Waals surface area contributed by atoms with E-state index in [-0.39, 0.29) is 43.2 Å². The van der Waals surface area contributed by atoms with Crippen LogP contribution in [0.2, 0.25) is 0 Å². The normalized spacial score (nSPS) is 20.9. The highest BCUT2D eigenvalue weighted by Gasteiger charge is 2.41. The third kappa shape index (κ3) is 7.40. The zero-order valence-electron chi connectivity index (χ0n) is 23.2. The van der Waals surface area contributed by atoms with Crippen molar-refractivity contribution in [1.29, 1.82) is 0 Å². The number of rotatable bonds is 5. The maximum absolute atomic E-state index is 14.0. The molecule has 1 saturated heterocycles. The first-order valence-electron chi connectivity index (χ1n) is 14.1. The first-order chi connectivity index (χ1) is 20.4. The van der Waals surface area contributed by atoms with Gasteiger partial charge in [0.15, 0.2) is 5.13 Å². The first kappa shape index (κ1) is 29.4. The average Bonchev–Trinajstić information content (AvgIpc) is 3.42. The summed E-state index contributed by atoms with van der Waals surface area (Å²) in [6.07, 6.45) is 7.81. The fraction of sp³-hybridized carbons (Fsp3) is 0.355. The van der Waals surface area contributed by atoms with Crippen LogP contribution in [-0.2, 0) is 16.0 Å². The van der Waals surface area contributed by atoms with Crippen molar-refractivity contribution in [3.63, 3.8) is 0 Å². The Hall–Kier alpha value is -4.09. The number of thiazole rings is 1. The summed E-state index contributed by atoms with van der Waals surface area (Å²) >= 11 is 1.32. The van der Waals surface area contributed by atoms with Crippen molar-refractivity contribution < 1.29 is 23.5 Å². The van der Waals surface area contributed by atoms with E-state index < -0.39 is 5.41 Å². The molecule has 3 N–H and O–H groups in total. The van der Waals surface area contributed by atoms with Crippen LogP contribution in [0, 0.1) is 11.2 Å². The number of allylic oxidation sites excluding steroid dienone is 1. The minimum atomic E-state index is -0.713. The number of hydrogen-bond donors (Lipinski definition) is 3. The Kier molecular flexibility index (Phi) is 9.60. The van der Waals surface area contributed by atoms with E-state index in [0.717, 1.165) is 11.3 Å². The lowest BCUT2D eigenvalue weighted by Gasteiger charge is -2.41. The zero-order valence-corrected chi connectivity index (χ0v) is 24.1. The molecule has 3 heterocycles. The summed E-state index contributed by atoms with van der Waals surface area (Å²) in [6.45, 7) is 2.07. The second kappa shape index (κ2) is 13.7. The summed E-state index contributed by atoms with van der Waals surface area (Å²) in [5.41, 5.74) is 0.313. The Morgan fingerprint density at radius 2 is 1.90 bits per heavy atom. The molecule has 3 amide bonds. The van der Waals surface area contributed by atoms with Crippen LogP contribution >= 0.6 is 11.3 Å². The van der Waals surface area contributed by atoms with Crippen molar-refractivity contribution in [3.05, 3.63) is 88.7 Å². The standard InChI is InChI=1S/C31H34FN5O4S/c32-25-10-3-1-8-22(25)18-23-19-35-30(42-23)36-27(38)20-37-16-7-13-31(21-37)12-5-6-17-41-26-11-4-2-9-24(26)28(39)33-14-15-34-29(31)40/h1-6,8-11,19H,7,12-18,20-21H2,(H,33,39)(H,34,40)(H,35,36,38)/b6-5-. The van der Waals surface area contributed by atoms with E-state index in [0.29, 0.717) is 60.9 Å². The quantitative estimate of drug-likeness (QED) is 0.390. The van der Waals surface area contributed by atoms with Crippen LogP contribution in [0.25, 0.3) is 0 Å². The van der Waals surface area contributed by atoms with Crippen LogP contribution in [0.3, 0.4) is 0 Å². The highest BCUT2D eigenvalue weighted by Crippen LogP contribution is 2.34. The van der Waals surface area contributed by atoms with Crippen molar-refractivity contribution in [2.75, 3.05) is 44.6 Å². The van der Waals surface area contributed by atoms with E-state index in [1.165, 1.54) is 17.4 Å². The minimum absolute atomic E-state index is 0.0948. The Morgan fingerprint density at radius 1 is 1.10 bits per heavy atom. The number of benzene rings is 2. The van der Waals surface area contributed by atoms with Gasteiger partial charge in [-0.05, 0) is 49.6 Å². The van der Waals surface area contributed by atoms with Gasteiger partial charge in [-0.3, -0.25) is 19.3 Å². The van der Waals surface area contributed by atoms with E-state index in [9.17, 15) is 18.8 Å². The maximum Gasteiger partial charge on any atom is 0.255 e. The smallest absolute Gasteiger partial charge is 0.255 e. The lowest BCUT2D eigenvalue weighted by atomic mass is 9.76. The number of amides is 3. The molecule has 9 nitrogen and oxygen atoms in total. The molecule has 0 saturated carbocycles. The molecule has 0 radical (unpaired) electrons. The maximum atomic E-state index is 14.0. The number of nitrogens with one attached hydrogen (secondary N) is 3. The van der Waals surface area contributed by atoms with E-state index in [1.54, 1.807) is 42.6 Å². The molecule has 220 valence electrons. The summed E-state index contributed by atoms with van der Waals surface area (Å²) in [4.78, 5) is 46.2. The van der Waals surface area contributed by atoms with Crippen LogP contribution < -0.4 is 20.7 Å². The molecular formula is C31H34FN5O4S. The zero-order chi connectivity index (χ0) is 29.4. The number of para-hydroxylation sites is 1. The molecule has 0 aliphatic carbocycles. The third-order valence-corrected chi connectivity index (χ3v) is 8.38. The number of anilines is 1.